The average molecular weight is 522 g/mol. The van der Waals surface area contributed by atoms with Crippen LogP contribution >= 0.6 is 23.2 Å². The van der Waals surface area contributed by atoms with Crippen LogP contribution in [0.4, 0.5) is 17.6 Å². The predicted molar refractivity (Wildman–Crippen MR) is 122 cm³/mol. The summed E-state index contributed by atoms with van der Waals surface area (Å²) in [5.41, 5.74) is -0.0562. The van der Waals surface area contributed by atoms with Crippen LogP contribution in [0.25, 0.3) is 0 Å². The van der Waals surface area contributed by atoms with E-state index in [1.807, 2.05) is 11.0 Å². The molecule has 11 heteroatoms. The number of hydrogen-bond acceptors (Lipinski definition) is 4. The lowest BCUT2D eigenvalue weighted by Gasteiger charge is -2.29. The van der Waals surface area contributed by atoms with Crippen molar-refractivity contribution in [3.05, 3.63) is 69.0 Å². The first-order valence-electron chi connectivity index (χ1n) is 10.6. The lowest BCUT2D eigenvalue weighted by Crippen LogP contribution is -2.40. The minimum atomic E-state index is -4.76. The molecule has 0 aromatic heterocycles. The Hall–Kier alpha value is -1.91. The summed E-state index contributed by atoms with van der Waals surface area (Å²) in [6.07, 6.45) is -4.76. The van der Waals surface area contributed by atoms with Crippen LogP contribution in [-0.4, -0.2) is 66.7 Å². The molecule has 2 aromatic rings. The Kier molecular flexibility index (Phi) is 8.81. The second-order valence-corrected chi connectivity index (χ2v) is 9.09. The number of carbonyl (C=O) groups excluding carboxylic acids is 1. The third-order valence-corrected chi connectivity index (χ3v) is 6.65. The van der Waals surface area contributed by atoms with Gasteiger partial charge < -0.3 is 15.3 Å². The number of carbonyl (C=O) groups is 1. The number of aliphatic hydroxyl groups excluding tert-OH is 1. The number of likely N-dealkylation sites (N-methyl/N-ethyl adjacent to an activating group) is 1. The summed E-state index contributed by atoms with van der Waals surface area (Å²) in [5.74, 6) is -1.62. The quantitative estimate of drug-likeness (QED) is 0.404. The van der Waals surface area contributed by atoms with Crippen molar-refractivity contribution in [1.29, 1.82) is 0 Å². The van der Waals surface area contributed by atoms with E-state index in [4.69, 9.17) is 28.3 Å². The molecule has 1 amide bonds. The van der Waals surface area contributed by atoms with Crippen molar-refractivity contribution in [3.8, 4) is 0 Å². The predicted octanol–water partition coefficient (Wildman–Crippen LogP) is 4.16. The van der Waals surface area contributed by atoms with E-state index in [9.17, 15) is 22.4 Å². The number of alkyl halides is 3. The number of benzene rings is 2. The first-order chi connectivity index (χ1) is 16.0. The molecule has 0 radical (unpaired) electrons. The molecule has 1 aliphatic rings. The highest BCUT2D eigenvalue weighted by Gasteiger charge is 2.39. The Morgan fingerprint density at radius 1 is 1.18 bits per heavy atom. The van der Waals surface area contributed by atoms with Gasteiger partial charge in [-0.3, -0.25) is 9.69 Å². The molecule has 2 atom stereocenters. The third kappa shape index (κ3) is 6.40. The van der Waals surface area contributed by atoms with Crippen molar-refractivity contribution < 1.29 is 27.5 Å². The fourth-order valence-corrected chi connectivity index (χ4v) is 4.49. The number of amides is 1. The highest BCUT2D eigenvalue weighted by atomic mass is 35.5. The van der Waals surface area contributed by atoms with Crippen LogP contribution in [0.15, 0.2) is 36.4 Å². The second kappa shape index (κ2) is 11.2. The number of aliphatic hydroxyl groups is 1. The maximum absolute atomic E-state index is 14.1. The third-order valence-electron chi connectivity index (χ3n) is 5.92. The molecular weight excluding hydrogens is 497 g/mol. The van der Waals surface area contributed by atoms with Crippen LogP contribution in [0.2, 0.25) is 10.0 Å². The van der Waals surface area contributed by atoms with E-state index in [0.29, 0.717) is 35.2 Å². The van der Waals surface area contributed by atoms with Crippen molar-refractivity contribution in [2.24, 2.45) is 0 Å². The molecule has 2 N–H and O–H groups in total. The fourth-order valence-electron chi connectivity index (χ4n) is 4.19. The summed E-state index contributed by atoms with van der Waals surface area (Å²) in [6, 6.07) is 7.93. The highest BCUT2D eigenvalue weighted by molar-refractivity contribution is 6.42. The van der Waals surface area contributed by atoms with Gasteiger partial charge in [0, 0.05) is 38.1 Å². The molecule has 1 heterocycles. The standard InChI is InChI=1S/C23H25Cl2F4N3O2/c1-31(11-14-2-4-17(20(26)8-14)23(27,28)29)21-13-32(22(34)10-30-6-7-33)12-16(21)15-3-5-18(24)19(25)9-15/h2-5,8-9,16,21,30,33H,6-7,10-13H2,1H3/t16-,21+/m1/s1. The van der Waals surface area contributed by atoms with Gasteiger partial charge in [-0.15, -0.1) is 0 Å². The lowest BCUT2D eigenvalue weighted by atomic mass is 9.93. The van der Waals surface area contributed by atoms with Crippen molar-refractivity contribution in [2.45, 2.75) is 24.7 Å². The summed E-state index contributed by atoms with van der Waals surface area (Å²) in [7, 11) is 1.78. The number of nitrogens with one attached hydrogen (secondary N) is 1. The molecule has 0 bridgehead atoms. The summed E-state index contributed by atoms with van der Waals surface area (Å²) < 4.78 is 52.7. The Bertz CT molecular complexity index is 1020. The van der Waals surface area contributed by atoms with E-state index in [-0.39, 0.29) is 37.6 Å². The fraction of sp³-hybridized carbons (Fsp3) is 0.435. The molecule has 1 aliphatic heterocycles. The summed E-state index contributed by atoms with van der Waals surface area (Å²) in [6.45, 7) is 1.21. The molecule has 5 nitrogen and oxygen atoms in total. The highest BCUT2D eigenvalue weighted by Crippen LogP contribution is 2.35. The molecule has 1 fully saturated rings. The molecule has 0 aliphatic carbocycles. The normalized spacial score (nSPS) is 18.7. The minimum absolute atomic E-state index is 0.0647. The molecule has 0 spiro atoms. The van der Waals surface area contributed by atoms with Gasteiger partial charge in [0.1, 0.15) is 5.82 Å². The van der Waals surface area contributed by atoms with E-state index in [1.165, 1.54) is 6.07 Å². The number of halogens is 6. The van der Waals surface area contributed by atoms with Gasteiger partial charge in [-0.25, -0.2) is 4.39 Å². The van der Waals surface area contributed by atoms with Crippen LogP contribution in [0.3, 0.4) is 0 Å². The van der Waals surface area contributed by atoms with Crippen molar-refractivity contribution >= 4 is 29.1 Å². The SMILES string of the molecule is CN(Cc1ccc(C(F)(F)F)c(F)c1)[C@H]1CN(C(=O)CNCCO)C[C@@H]1c1ccc(Cl)c(Cl)c1. The number of nitrogens with zero attached hydrogens (tertiary/aromatic N) is 2. The number of likely N-dealkylation sites (tertiary alicyclic amines) is 1. The first kappa shape index (κ1) is 26.7. The Balaban J connectivity index is 1.82. The van der Waals surface area contributed by atoms with Gasteiger partial charge in [-0.05, 0) is 42.4 Å². The zero-order valence-corrected chi connectivity index (χ0v) is 19.9. The van der Waals surface area contributed by atoms with Gasteiger partial charge in [0.2, 0.25) is 5.91 Å². The Labute approximate surface area is 205 Å². The van der Waals surface area contributed by atoms with Gasteiger partial charge in [-0.2, -0.15) is 13.2 Å². The van der Waals surface area contributed by atoms with Crippen molar-refractivity contribution in [2.75, 3.05) is 39.8 Å². The van der Waals surface area contributed by atoms with E-state index in [1.54, 1.807) is 24.1 Å². The lowest BCUT2D eigenvalue weighted by molar-refractivity contribution is -0.140. The van der Waals surface area contributed by atoms with Gasteiger partial charge >= 0.3 is 6.18 Å². The van der Waals surface area contributed by atoms with Crippen LogP contribution in [0.1, 0.15) is 22.6 Å². The van der Waals surface area contributed by atoms with Crippen molar-refractivity contribution in [3.63, 3.8) is 0 Å². The first-order valence-corrected chi connectivity index (χ1v) is 11.4. The Morgan fingerprint density at radius 2 is 1.91 bits per heavy atom. The zero-order chi connectivity index (χ0) is 25.0. The van der Waals surface area contributed by atoms with Gasteiger partial charge in [-0.1, -0.05) is 35.3 Å². The Morgan fingerprint density at radius 3 is 2.53 bits per heavy atom. The summed E-state index contributed by atoms with van der Waals surface area (Å²) in [4.78, 5) is 16.3. The maximum Gasteiger partial charge on any atom is 0.419 e. The van der Waals surface area contributed by atoms with E-state index >= 15 is 0 Å². The zero-order valence-electron chi connectivity index (χ0n) is 18.4. The van der Waals surface area contributed by atoms with Crippen LogP contribution < -0.4 is 5.32 Å². The molecule has 2 aromatic carbocycles. The maximum atomic E-state index is 14.1. The number of rotatable bonds is 8. The molecule has 186 valence electrons. The largest absolute Gasteiger partial charge is 0.419 e. The molecule has 34 heavy (non-hydrogen) atoms. The molecule has 0 unspecified atom stereocenters. The van der Waals surface area contributed by atoms with Crippen molar-refractivity contribution in [1.82, 2.24) is 15.1 Å². The average Bonchev–Trinajstić information content (AvgIpc) is 3.21. The minimum Gasteiger partial charge on any atom is -0.395 e. The molecular formula is C23H25Cl2F4N3O2. The van der Waals surface area contributed by atoms with Crippen LogP contribution in [-0.2, 0) is 17.5 Å². The molecule has 1 saturated heterocycles. The summed E-state index contributed by atoms with van der Waals surface area (Å²) >= 11 is 12.3. The summed E-state index contributed by atoms with van der Waals surface area (Å²) in [5, 5.41) is 12.5. The topological polar surface area (TPSA) is 55.8 Å². The van der Waals surface area contributed by atoms with Gasteiger partial charge in [0.05, 0.1) is 28.8 Å². The van der Waals surface area contributed by atoms with Gasteiger partial charge in [0.25, 0.3) is 0 Å². The van der Waals surface area contributed by atoms with Gasteiger partial charge in [0.15, 0.2) is 0 Å². The molecule has 0 saturated carbocycles. The second-order valence-electron chi connectivity index (χ2n) is 8.27. The van der Waals surface area contributed by atoms with Crippen LogP contribution in [0, 0.1) is 5.82 Å². The van der Waals surface area contributed by atoms with E-state index < -0.39 is 17.6 Å². The van der Waals surface area contributed by atoms with Crippen LogP contribution in [0.5, 0.6) is 0 Å². The van der Waals surface area contributed by atoms with E-state index in [0.717, 1.165) is 17.7 Å². The monoisotopic (exact) mass is 521 g/mol. The number of hydrogen-bond donors (Lipinski definition) is 2. The molecule has 3 rings (SSSR count). The van der Waals surface area contributed by atoms with E-state index in [2.05, 4.69) is 5.32 Å². The smallest absolute Gasteiger partial charge is 0.395 e.